The number of hydrogen-bond acceptors (Lipinski definition) is 0. The fourth-order valence-electron chi connectivity index (χ4n) is 9.02. The third kappa shape index (κ3) is 4.78. The van der Waals surface area contributed by atoms with Gasteiger partial charge in [0.05, 0.1) is 0 Å². The first kappa shape index (κ1) is 30.6. The molecular weight excluding hydrogens is 649 g/mol. The van der Waals surface area contributed by atoms with Gasteiger partial charge in [0.2, 0.25) is 0 Å². The zero-order valence-corrected chi connectivity index (χ0v) is 29.6. The van der Waals surface area contributed by atoms with Gasteiger partial charge in [-0.05, 0) is 127 Å². The van der Waals surface area contributed by atoms with Gasteiger partial charge in [0.1, 0.15) is 0 Å². The molecule has 0 saturated carbocycles. The predicted molar refractivity (Wildman–Crippen MR) is 233 cm³/mol. The molecule has 0 radical (unpaired) electrons. The number of rotatable bonds is 4. The summed E-state index contributed by atoms with van der Waals surface area (Å²) in [4.78, 5) is 0. The second-order valence-corrected chi connectivity index (χ2v) is 14.4. The number of hydrogen-bond donors (Lipinski definition) is 0. The van der Waals surface area contributed by atoms with E-state index in [1.807, 2.05) is 0 Å². The largest absolute Gasteiger partial charge is 0.0616 e. The maximum absolute atomic E-state index is 2.40. The van der Waals surface area contributed by atoms with Gasteiger partial charge in [-0.3, -0.25) is 0 Å². The fourth-order valence-corrected chi connectivity index (χ4v) is 9.02. The van der Waals surface area contributed by atoms with E-state index in [-0.39, 0.29) is 0 Å². The highest BCUT2D eigenvalue weighted by Gasteiger charge is 2.18. The zero-order valence-electron chi connectivity index (χ0n) is 29.6. The molecule has 0 heteroatoms. The van der Waals surface area contributed by atoms with Crippen molar-refractivity contribution in [2.75, 3.05) is 0 Å². The molecule has 0 N–H and O–H groups in total. The lowest BCUT2D eigenvalue weighted by Gasteiger charge is -2.19. The van der Waals surface area contributed by atoms with Gasteiger partial charge < -0.3 is 0 Å². The Morgan fingerprint density at radius 3 is 1.17 bits per heavy atom. The van der Waals surface area contributed by atoms with Crippen LogP contribution in [-0.2, 0) is 0 Å². The van der Waals surface area contributed by atoms with E-state index in [2.05, 4.69) is 206 Å². The third-order valence-electron chi connectivity index (χ3n) is 11.4. The Hall–Kier alpha value is -7.02. The lowest BCUT2D eigenvalue weighted by Crippen LogP contribution is -1.92. The summed E-state index contributed by atoms with van der Waals surface area (Å²) >= 11 is 0. The summed E-state index contributed by atoms with van der Waals surface area (Å²) in [6.07, 6.45) is 0. The van der Waals surface area contributed by atoms with Crippen molar-refractivity contribution >= 4 is 64.6 Å². The van der Waals surface area contributed by atoms with Crippen molar-refractivity contribution in [3.63, 3.8) is 0 Å². The molecule has 54 heavy (non-hydrogen) atoms. The molecule has 0 fully saturated rings. The van der Waals surface area contributed by atoms with Gasteiger partial charge in [-0.25, -0.2) is 0 Å². The van der Waals surface area contributed by atoms with Crippen LogP contribution in [0.15, 0.2) is 206 Å². The molecule has 0 heterocycles. The van der Waals surface area contributed by atoms with Crippen molar-refractivity contribution in [3.8, 4) is 44.5 Å². The van der Waals surface area contributed by atoms with Gasteiger partial charge in [0.15, 0.2) is 0 Å². The Morgan fingerprint density at radius 2 is 0.574 bits per heavy atom. The second-order valence-electron chi connectivity index (χ2n) is 14.4. The minimum absolute atomic E-state index is 1.22. The molecule has 250 valence electrons. The van der Waals surface area contributed by atoms with Crippen LogP contribution in [0.25, 0.3) is 109 Å². The minimum Gasteiger partial charge on any atom is -0.0616 e. The van der Waals surface area contributed by atoms with Crippen LogP contribution in [0, 0.1) is 0 Å². The van der Waals surface area contributed by atoms with E-state index in [0.717, 1.165) is 0 Å². The average Bonchev–Trinajstić information content (AvgIpc) is 3.25. The van der Waals surface area contributed by atoms with Crippen molar-refractivity contribution in [3.05, 3.63) is 206 Å². The van der Waals surface area contributed by atoms with Crippen LogP contribution in [0.1, 0.15) is 0 Å². The molecule has 0 nitrogen and oxygen atoms in total. The van der Waals surface area contributed by atoms with E-state index in [0.29, 0.717) is 0 Å². The summed E-state index contributed by atoms with van der Waals surface area (Å²) in [5, 5.41) is 15.3. The quantitative estimate of drug-likeness (QED) is 0.128. The molecule has 11 rings (SSSR count). The molecule has 0 saturated heterocycles. The van der Waals surface area contributed by atoms with Crippen molar-refractivity contribution in [2.24, 2.45) is 0 Å². The van der Waals surface area contributed by atoms with Crippen molar-refractivity contribution in [1.82, 2.24) is 0 Å². The topological polar surface area (TPSA) is 0 Å². The Bertz CT molecular complexity index is 3220. The first-order chi connectivity index (χ1) is 26.8. The van der Waals surface area contributed by atoms with Gasteiger partial charge in [-0.2, -0.15) is 0 Å². The molecule has 0 amide bonds. The van der Waals surface area contributed by atoms with Crippen LogP contribution in [0.4, 0.5) is 0 Å². The maximum Gasteiger partial charge on any atom is -0.00262 e. The molecule has 0 unspecified atom stereocenters. The van der Waals surface area contributed by atoms with Crippen LogP contribution in [0.5, 0.6) is 0 Å². The van der Waals surface area contributed by atoms with Gasteiger partial charge in [-0.1, -0.05) is 188 Å². The molecule has 0 spiro atoms. The number of benzene rings is 11. The summed E-state index contributed by atoms with van der Waals surface area (Å²) in [7, 11) is 0. The SMILES string of the molecule is c1cc(-c2c3ccccc3c(-c3cccc(-c4cc5ccccc5c5ccccc45)c3)c3ccccc23)cc(-c2cccc3c2ccc2ccccc23)c1. The molecule has 0 atom stereocenters. The second kappa shape index (κ2) is 12.3. The normalized spacial score (nSPS) is 11.7. The Labute approximate surface area is 314 Å². The summed E-state index contributed by atoms with van der Waals surface area (Å²) in [6.45, 7) is 0. The first-order valence-corrected chi connectivity index (χ1v) is 18.8. The Kier molecular flexibility index (Phi) is 6.97. The molecule has 0 aromatic heterocycles. The van der Waals surface area contributed by atoms with Crippen LogP contribution >= 0.6 is 0 Å². The molecule has 0 aliphatic carbocycles. The van der Waals surface area contributed by atoms with E-state index in [1.54, 1.807) is 0 Å². The highest BCUT2D eigenvalue weighted by Crippen LogP contribution is 2.46. The van der Waals surface area contributed by atoms with E-state index in [4.69, 9.17) is 0 Å². The Balaban J connectivity index is 1.12. The van der Waals surface area contributed by atoms with Gasteiger partial charge >= 0.3 is 0 Å². The van der Waals surface area contributed by atoms with E-state index in [9.17, 15) is 0 Å². The van der Waals surface area contributed by atoms with Crippen molar-refractivity contribution in [2.45, 2.75) is 0 Å². The van der Waals surface area contributed by atoms with Crippen molar-refractivity contribution < 1.29 is 0 Å². The van der Waals surface area contributed by atoms with Gasteiger partial charge in [0, 0.05) is 0 Å². The summed E-state index contributed by atoms with van der Waals surface area (Å²) in [6, 6.07) is 76.1. The third-order valence-corrected chi connectivity index (χ3v) is 11.4. The summed E-state index contributed by atoms with van der Waals surface area (Å²) < 4.78 is 0. The van der Waals surface area contributed by atoms with Crippen LogP contribution < -0.4 is 0 Å². The Morgan fingerprint density at radius 1 is 0.185 bits per heavy atom. The standard InChI is InChI=1S/C54H34/c1-3-20-41-35(14-1)30-31-47-43(28-13-29-45(41)47)36-16-11-18-39(32-36)53-48-24-7-9-26-50(48)54(51-27-10-8-25-49(51)53)40-19-12-17-37(33-40)52-34-38-15-2-4-21-42(38)44-22-5-6-23-46(44)52/h1-34H. The average molecular weight is 683 g/mol. The molecular formula is C54H34. The van der Waals surface area contributed by atoms with Crippen LogP contribution in [-0.4, -0.2) is 0 Å². The molecule has 0 aliphatic heterocycles. The maximum atomic E-state index is 2.40. The highest BCUT2D eigenvalue weighted by atomic mass is 14.2. The van der Waals surface area contributed by atoms with Gasteiger partial charge in [-0.15, -0.1) is 0 Å². The van der Waals surface area contributed by atoms with Crippen LogP contribution in [0.2, 0.25) is 0 Å². The fraction of sp³-hybridized carbons (Fsp3) is 0. The zero-order chi connectivity index (χ0) is 35.6. The number of fused-ring (bicyclic) bond motifs is 8. The van der Waals surface area contributed by atoms with E-state index >= 15 is 0 Å². The first-order valence-electron chi connectivity index (χ1n) is 18.8. The van der Waals surface area contributed by atoms with E-state index < -0.39 is 0 Å². The lowest BCUT2D eigenvalue weighted by molar-refractivity contribution is 1.63. The summed E-state index contributed by atoms with van der Waals surface area (Å²) in [5.74, 6) is 0. The highest BCUT2D eigenvalue weighted by molar-refractivity contribution is 6.22. The summed E-state index contributed by atoms with van der Waals surface area (Å²) in [5.41, 5.74) is 9.95. The lowest BCUT2D eigenvalue weighted by atomic mass is 9.84. The van der Waals surface area contributed by atoms with Gasteiger partial charge in [0.25, 0.3) is 0 Å². The molecule has 11 aromatic carbocycles. The molecule has 0 aliphatic rings. The minimum atomic E-state index is 1.22. The monoisotopic (exact) mass is 682 g/mol. The van der Waals surface area contributed by atoms with E-state index in [1.165, 1.54) is 109 Å². The molecule has 0 bridgehead atoms. The van der Waals surface area contributed by atoms with Crippen molar-refractivity contribution in [1.29, 1.82) is 0 Å². The molecule has 11 aromatic rings. The predicted octanol–water partition coefficient (Wildman–Crippen LogP) is 15.3. The smallest absolute Gasteiger partial charge is 0.00262 e. The van der Waals surface area contributed by atoms with Crippen LogP contribution in [0.3, 0.4) is 0 Å².